The van der Waals surface area contributed by atoms with Crippen LogP contribution in [-0.2, 0) is 4.79 Å². The Morgan fingerprint density at radius 1 is 1.35 bits per heavy atom. The third-order valence-corrected chi connectivity index (χ3v) is 3.91. The first kappa shape index (κ1) is 17.1. The van der Waals surface area contributed by atoms with Gasteiger partial charge in [-0.1, -0.05) is 0 Å². The lowest BCUT2D eigenvalue weighted by Gasteiger charge is -2.16. The van der Waals surface area contributed by atoms with E-state index in [4.69, 9.17) is 9.47 Å². The maximum absolute atomic E-state index is 12.3. The molecule has 2 rings (SSSR count). The fourth-order valence-electron chi connectivity index (χ4n) is 1.99. The summed E-state index contributed by atoms with van der Waals surface area (Å²) in [4.78, 5) is 25.7. The van der Waals surface area contributed by atoms with Gasteiger partial charge in [-0.25, -0.2) is 0 Å². The van der Waals surface area contributed by atoms with E-state index in [9.17, 15) is 9.59 Å². The van der Waals surface area contributed by atoms with Gasteiger partial charge in [0.05, 0.1) is 25.8 Å². The number of carbonyl (C=O) groups excluding carboxylic acids is 2. The standard InChI is InChI=1S/C17H24N2O4/c1-4-19(2)16(20)10-18-17(21)14-8-7-13(22-3)9-15(14)23-11-12-5-6-12/h7-9,12H,4-6,10-11H2,1-3H3,(H,18,21). The van der Waals surface area contributed by atoms with Crippen molar-refractivity contribution >= 4 is 11.8 Å². The zero-order valence-electron chi connectivity index (χ0n) is 13.9. The first-order valence-corrected chi connectivity index (χ1v) is 7.88. The first-order valence-electron chi connectivity index (χ1n) is 7.88. The molecule has 0 aliphatic heterocycles. The summed E-state index contributed by atoms with van der Waals surface area (Å²) < 4.78 is 10.9. The molecule has 0 saturated heterocycles. The molecule has 6 heteroatoms. The highest BCUT2D eigenvalue weighted by Crippen LogP contribution is 2.31. The van der Waals surface area contributed by atoms with E-state index >= 15 is 0 Å². The molecular weight excluding hydrogens is 296 g/mol. The van der Waals surface area contributed by atoms with Gasteiger partial charge in [0.25, 0.3) is 5.91 Å². The molecule has 0 spiro atoms. The Balaban J connectivity index is 2.03. The van der Waals surface area contributed by atoms with Crippen molar-refractivity contribution in [3.8, 4) is 11.5 Å². The number of hydrogen-bond donors (Lipinski definition) is 1. The van der Waals surface area contributed by atoms with Crippen molar-refractivity contribution in [2.75, 3.05) is 33.9 Å². The number of ether oxygens (including phenoxy) is 2. The summed E-state index contributed by atoms with van der Waals surface area (Å²) in [6.07, 6.45) is 2.34. The number of likely N-dealkylation sites (N-methyl/N-ethyl adjacent to an activating group) is 1. The minimum atomic E-state index is -0.323. The molecule has 1 saturated carbocycles. The first-order chi connectivity index (χ1) is 11.0. The van der Waals surface area contributed by atoms with E-state index in [1.54, 1.807) is 37.3 Å². The van der Waals surface area contributed by atoms with E-state index in [0.717, 1.165) is 0 Å². The molecule has 0 bridgehead atoms. The van der Waals surface area contributed by atoms with Gasteiger partial charge in [0.15, 0.2) is 0 Å². The number of nitrogens with zero attached hydrogens (tertiary/aromatic N) is 1. The van der Waals surface area contributed by atoms with Crippen LogP contribution in [0.3, 0.4) is 0 Å². The molecule has 1 aromatic carbocycles. The van der Waals surface area contributed by atoms with E-state index in [0.29, 0.717) is 36.1 Å². The number of carbonyl (C=O) groups is 2. The molecule has 126 valence electrons. The summed E-state index contributed by atoms with van der Waals surface area (Å²) in [7, 11) is 3.27. The van der Waals surface area contributed by atoms with Crippen molar-refractivity contribution in [1.82, 2.24) is 10.2 Å². The predicted octanol–water partition coefficient (Wildman–Crippen LogP) is 1.69. The van der Waals surface area contributed by atoms with Gasteiger partial charge >= 0.3 is 0 Å². The topological polar surface area (TPSA) is 67.9 Å². The predicted molar refractivity (Wildman–Crippen MR) is 86.9 cm³/mol. The van der Waals surface area contributed by atoms with Crippen LogP contribution in [-0.4, -0.2) is 50.6 Å². The molecule has 1 aliphatic rings. The van der Waals surface area contributed by atoms with Gasteiger partial charge in [0.1, 0.15) is 11.5 Å². The Hall–Kier alpha value is -2.24. The Morgan fingerprint density at radius 3 is 2.70 bits per heavy atom. The van der Waals surface area contributed by atoms with E-state index in [1.165, 1.54) is 12.8 Å². The molecule has 1 aliphatic carbocycles. The summed E-state index contributed by atoms with van der Waals surface area (Å²) in [5.74, 6) is 1.25. The molecule has 23 heavy (non-hydrogen) atoms. The van der Waals surface area contributed by atoms with Gasteiger partial charge in [-0.05, 0) is 37.8 Å². The van der Waals surface area contributed by atoms with E-state index in [2.05, 4.69) is 5.32 Å². The summed E-state index contributed by atoms with van der Waals surface area (Å²) in [5, 5.41) is 2.64. The number of benzene rings is 1. The third kappa shape index (κ3) is 4.87. The molecule has 0 atom stereocenters. The fraction of sp³-hybridized carbons (Fsp3) is 0.529. The SMILES string of the molecule is CCN(C)C(=O)CNC(=O)c1ccc(OC)cc1OCC1CC1. The van der Waals surface area contributed by atoms with Crippen LogP contribution in [0.2, 0.25) is 0 Å². The van der Waals surface area contributed by atoms with Gasteiger partial charge in [-0.2, -0.15) is 0 Å². The van der Waals surface area contributed by atoms with E-state index in [1.807, 2.05) is 6.92 Å². The largest absolute Gasteiger partial charge is 0.497 e. The van der Waals surface area contributed by atoms with Crippen molar-refractivity contribution in [3.05, 3.63) is 23.8 Å². The molecule has 1 fully saturated rings. The quantitative estimate of drug-likeness (QED) is 0.791. The third-order valence-electron chi connectivity index (χ3n) is 3.91. The summed E-state index contributed by atoms with van der Waals surface area (Å²) in [6, 6.07) is 5.07. The minimum absolute atomic E-state index is 0.0305. The smallest absolute Gasteiger partial charge is 0.255 e. The lowest BCUT2D eigenvalue weighted by Crippen LogP contribution is -2.38. The van der Waals surface area contributed by atoms with Crippen LogP contribution < -0.4 is 14.8 Å². The van der Waals surface area contributed by atoms with E-state index in [-0.39, 0.29) is 18.4 Å². The van der Waals surface area contributed by atoms with Gasteiger partial charge < -0.3 is 19.7 Å². The van der Waals surface area contributed by atoms with Crippen molar-refractivity contribution in [2.24, 2.45) is 5.92 Å². The lowest BCUT2D eigenvalue weighted by atomic mass is 10.1. The summed E-state index contributed by atoms with van der Waals surface area (Å²) in [5.41, 5.74) is 0.415. The zero-order chi connectivity index (χ0) is 16.8. The molecule has 0 radical (unpaired) electrons. The molecular formula is C17H24N2O4. The highest BCUT2D eigenvalue weighted by molar-refractivity contribution is 5.99. The molecule has 0 unspecified atom stereocenters. The van der Waals surface area contributed by atoms with Gasteiger partial charge in [-0.15, -0.1) is 0 Å². The van der Waals surface area contributed by atoms with Crippen molar-refractivity contribution in [1.29, 1.82) is 0 Å². The van der Waals surface area contributed by atoms with Crippen molar-refractivity contribution in [3.63, 3.8) is 0 Å². The average molecular weight is 320 g/mol. The van der Waals surface area contributed by atoms with Crippen LogP contribution in [0, 0.1) is 5.92 Å². The highest BCUT2D eigenvalue weighted by atomic mass is 16.5. The van der Waals surface area contributed by atoms with Crippen LogP contribution >= 0.6 is 0 Å². The number of methoxy groups -OCH3 is 1. The molecule has 0 aromatic heterocycles. The Labute approximate surface area is 136 Å². The van der Waals surface area contributed by atoms with Crippen LogP contribution in [0.1, 0.15) is 30.1 Å². The number of amides is 2. The minimum Gasteiger partial charge on any atom is -0.497 e. The van der Waals surface area contributed by atoms with Crippen LogP contribution in [0.4, 0.5) is 0 Å². The maximum Gasteiger partial charge on any atom is 0.255 e. The van der Waals surface area contributed by atoms with Crippen LogP contribution in [0.5, 0.6) is 11.5 Å². The second kappa shape index (κ2) is 7.85. The Morgan fingerprint density at radius 2 is 2.09 bits per heavy atom. The molecule has 1 aromatic rings. The molecule has 2 amide bonds. The number of nitrogens with one attached hydrogen (secondary N) is 1. The van der Waals surface area contributed by atoms with Gasteiger partial charge in [-0.3, -0.25) is 9.59 Å². The zero-order valence-corrected chi connectivity index (χ0v) is 13.9. The van der Waals surface area contributed by atoms with Gasteiger partial charge in [0.2, 0.25) is 5.91 Å². The summed E-state index contributed by atoms with van der Waals surface area (Å²) >= 11 is 0. The second-order valence-corrected chi connectivity index (χ2v) is 5.71. The molecule has 6 nitrogen and oxygen atoms in total. The Bertz CT molecular complexity index is 570. The molecule has 1 N–H and O–H groups in total. The van der Waals surface area contributed by atoms with Crippen LogP contribution in [0.25, 0.3) is 0 Å². The fourth-order valence-corrected chi connectivity index (χ4v) is 1.99. The van der Waals surface area contributed by atoms with Crippen LogP contribution in [0.15, 0.2) is 18.2 Å². The average Bonchev–Trinajstić information content (AvgIpc) is 3.40. The number of hydrogen-bond acceptors (Lipinski definition) is 4. The molecule has 0 heterocycles. The van der Waals surface area contributed by atoms with Crippen molar-refractivity contribution < 1.29 is 19.1 Å². The summed E-state index contributed by atoms with van der Waals surface area (Å²) in [6.45, 7) is 3.06. The second-order valence-electron chi connectivity index (χ2n) is 5.71. The normalized spacial score (nSPS) is 13.3. The van der Waals surface area contributed by atoms with E-state index < -0.39 is 0 Å². The lowest BCUT2D eigenvalue weighted by molar-refractivity contribution is -0.128. The van der Waals surface area contributed by atoms with Crippen molar-refractivity contribution in [2.45, 2.75) is 19.8 Å². The van der Waals surface area contributed by atoms with Gasteiger partial charge in [0, 0.05) is 19.7 Å². The monoisotopic (exact) mass is 320 g/mol. The highest BCUT2D eigenvalue weighted by Gasteiger charge is 2.23. The number of rotatable bonds is 8. The Kier molecular flexibility index (Phi) is 5.84. The maximum atomic E-state index is 12.3.